The molecule has 0 spiro atoms. The van der Waals surface area contributed by atoms with Crippen molar-refractivity contribution in [1.29, 1.82) is 0 Å². The first kappa shape index (κ1) is 18.1. The normalized spacial score (nSPS) is 15.6. The highest BCUT2D eigenvalue weighted by molar-refractivity contribution is 9.10. The predicted octanol–water partition coefficient (Wildman–Crippen LogP) is 4.04. The average Bonchev–Trinajstić information content (AvgIpc) is 2.49. The number of alkyl halides is 3. The maximum Gasteiger partial charge on any atom is 0.418 e. The molecule has 1 saturated heterocycles. The summed E-state index contributed by atoms with van der Waals surface area (Å²) in [5, 5.41) is 2.37. The van der Waals surface area contributed by atoms with Gasteiger partial charge in [0.2, 0.25) is 5.91 Å². The highest BCUT2D eigenvalue weighted by Crippen LogP contribution is 2.41. The number of benzene rings is 1. The van der Waals surface area contributed by atoms with Crippen molar-refractivity contribution in [3.05, 3.63) is 22.2 Å². The molecule has 1 N–H and O–H groups in total. The van der Waals surface area contributed by atoms with Crippen molar-refractivity contribution in [1.82, 2.24) is 0 Å². The molecule has 0 aliphatic carbocycles. The van der Waals surface area contributed by atoms with E-state index in [4.69, 9.17) is 4.74 Å². The van der Waals surface area contributed by atoms with Gasteiger partial charge in [-0.1, -0.05) is 6.92 Å². The number of morpholine rings is 1. The molecule has 1 heterocycles. The molecule has 23 heavy (non-hydrogen) atoms. The van der Waals surface area contributed by atoms with E-state index in [9.17, 15) is 18.0 Å². The Balaban J connectivity index is 2.39. The quantitative estimate of drug-likeness (QED) is 0.837. The molecule has 1 amide bonds. The topological polar surface area (TPSA) is 41.6 Å². The SMILES string of the molecule is CCCC(=O)Nc1c(Br)cc(N2CCOCC2)cc1C(F)(F)F. The first-order valence-corrected chi connectivity index (χ1v) is 8.15. The Hall–Kier alpha value is -1.28. The lowest BCUT2D eigenvalue weighted by molar-refractivity contribution is -0.137. The molecule has 0 aromatic heterocycles. The van der Waals surface area contributed by atoms with E-state index in [1.165, 1.54) is 0 Å². The van der Waals surface area contributed by atoms with Gasteiger partial charge in [0.05, 0.1) is 24.5 Å². The van der Waals surface area contributed by atoms with Crippen molar-refractivity contribution in [2.24, 2.45) is 0 Å². The van der Waals surface area contributed by atoms with Crippen LogP contribution in [0.25, 0.3) is 0 Å². The van der Waals surface area contributed by atoms with E-state index in [2.05, 4.69) is 21.2 Å². The molecular weight excluding hydrogens is 377 g/mol. The molecular formula is C15H18BrF3N2O2. The number of rotatable bonds is 4. The molecule has 128 valence electrons. The Morgan fingerprint density at radius 1 is 1.35 bits per heavy atom. The number of hydrogen-bond donors (Lipinski definition) is 1. The molecule has 4 nitrogen and oxygen atoms in total. The summed E-state index contributed by atoms with van der Waals surface area (Å²) in [6, 6.07) is 2.68. The summed E-state index contributed by atoms with van der Waals surface area (Å²) in [5.74, 6) is -0.433. The van der Waals surface area contributed by atoms with Gasteiger partial charge in [0.1, 0.15) is 0 Å². The fourth-order valence-electron chi connectivity index (χ4n) is 2.38. The number of nitrogens with one attached hydrogen (secondary N) is 1. The first-order chi connectivity index (χ1) is 10.8. The van der Waals surface area contributed by atoms with E-state index in [0.29, 0.717) is 38.4 Å². The van der Waals surface area contributed by atoms with Crippen LogP contribution in [0, 0.1) is 0 Å². The Bertz CT molecular complexity index is 573. The van der Waals surface area contributed by atoms with Gasteiger partial charge in [-0.05, 0) is 34.5 Å². The summed E-state index contributed by atoms with van der Waals surface area (Å²) in [4.78, 5) is 13.5. The van der Waals surface area contributed by atoms with E-state index in [1.807, 2.05) is 4.90 Å². The Kier molecular flexibility index (Phi) is 5.91. The third-order valence-corrected chi connectivity index (χ3v) is 4.12. The molecule has 0 atom stereocenters. The molecule has 0 unspecified atom stereocenters. The van der Waals surface area contributed by atoms with Gasteiger partial charge in [-0.2, -0.15) is 13.2 Å². The minimum atomic E-state index is -4.56. The van der Waals surface area contributed by atoms with Gasteiger partial charge in [-0.15, -0.1) is 0 Å². The number of amides is 1. The summed E-state index contributed by atoms with van der Waals surface area (Å²) in [7, 11) is 0. The van der Waals surface area contributed by atoms with Gasteiger partial charge in [-0.3, -0.25) is 4.79 Å². The van der Waals surface area contributed by atoms with E-state index in [-0.39, 0.29) is 16.6 Å². The number of carbonyl (C=O) groups excluding carboxylic acids is 1. The fourth-order valence-corrected chi connectivity index (χ4v) is 2.92. The van der Waals surface area contributed by atoms with Crippen LogP contribution in [0.5, 0.6) is 0 Å². The molecule has 1 aliphatic heterocycles. The maximum absolute atomic E-state index is 13.4. The van der Waals surface area contributed by atoms with Crippen molar-refractivity contribution < 1.29 is 22.7 Å². The summed E-state index contributed by atoms with van der Waals surface area (Å²) in [6.07, 6.45) is -3.81. The van der Waals surface area contributed by atoms with Crippen molar-refractivity contribution in [3.8, 4) is 0 Å². The summed E-state index contributed by atoms with van der Waals surface area (Å²) in [5.41, 5.74) is -0.619. The second kappa shape index (κ2) is 7.53. The molecule has 1 aromatic carbocycles. The maximum atomic E-state index is 13.4. The molecule has 1 aromatic rings. The Labute approximate surface area is 141 Å². The number of ether oxygens (including phenoxy) is 1. The van der Waals surface area contributed by atoms with Crippen LogP contribution in [0.4, 0.5) is 24.5 Å². The zero-order valence-corrected chi connectivity index (χ0v) is 14.3. The third kappa shape index (κ3) is 4.60. The van der Waals surface area contributed by atoms with E-state index >= 15 is 0 Å². The van der Waals surface area contributed by atoms with Crippen molar-refractivity contribution in [3.63, 3.8) is 0 Å². The van der Waals surface area contributed by atoms with Gasteiger partial charge in [-0.25, -0.2) is 0 Å². The lowest BCUT2D eigenvalue weighted by Gasteiger charge is -2.30. The van der Waals surface area contributed by atoms with Crippen LogP contribution in [-0.4, -0.2) is 32.2 Å². The monoisotopic (exact) mass is 394 g/mol. The largest absolute Gasteiger partial charge is 0.418 e. The summed E-state index contributed by atoms with van der Waals surface area (Å²) < 4.78 is 45.6. The summed E-state index contributed by atoms with van der Waals surface area (Å²) in [6.45, 7) is 3.82. The first-order valence-electron chi connectivity index (χ1n) is 7.36. The van der Waals surface area contributed by atoms with Crippen LogP contribution in [0.3, 0.4) is 0 Å². The standard InChI is InChI=1S/C15H18BrF3N2O2/c1-2-3-13(22)20-14-11(15(17,18)19)8-10(9-12(14)16)21-4-6-23-7-5-21/h8-9H,2-7H2,1H3,(H,20,22). The van der Waals surface area contributed by atoms with Crippen LogP contribution >= 0.6 is 15.9 Å². The molecule has 0 saturated carbocycles. The highest BCUT2D eigenvalue weighted by atomic mass is 79.9. The molecule has 0 bridgehead atoms. The van der Waals surface area contributed by atoms with Crippen LogP contribution in [0.15, 0.2) is 16.6 Å². The summed E-state index contributed by atoms with van der Waals surface area (Å²) >= 11 is 3.16. The predicted molar refractivity (Wildman–Crippen MR) is 85.7 cm³/mol. The smallest absolute Gasteiger partial charge is 0.378 e. The van der Waals surface area contributed by atoms with Gasteiger partial charge >= 0.3 is 6.18 Å². The molecule has 2 rings (SSSR count). The van der Waals surface area contributed by atoms with Gasteiger partial charge in [0, 0.05) is 29.7 Å². The van der Waals surface area contributed by atoms with Gasteiger partial charge < -0.3 is 15.0 Å². The van der Waals surface area contributed by atoms with E-state index in [1.54, 1.807) is 13.0 Å². The number of nitrogens with zero attached hydrogens (tertiary/aromatic N) is 1. The lowest BCUT2D eigenvalue weighted by Crippen LogP contribution is -2.36. The zero-order chi connectivity index (χ0) is 17.0. The van der Waals surface area contributed by atoms with Crippen molar-refractivity contribution >= 4 is 33.2 Å². The van der Waals surface area contributed by atoms with Crippen LogP contribution < -0.4 is 10.2 Å². The van der Waals surface area contributed by atoms with Crippen LogP contribution in [0.2, 0.25) is 0 Å². The molecule has 1 fully saturated rings. The zero-order valence-electron chi connectivity index (χ0n) is 12.7. The third-order valence-electron chi connectivity index (χ3n) is 3.50. The number of halogens is 4. The second-order valence-electron chi connectivity index (χ2n) is 5.25. The fraction of sp³-hybridized carbons (Fsp3) is 0.533. The Morgan fingerprint density at radius 3 is 2.57 bits per heavy atom. The van der Waals surface area contributed by atoms with Crippen molar-refractivity contribution in [2.75, 3.05) is 36.5 Å². The molecule has 0 radical (unpaired) electrons. The van der Waals surface area contributed by atoms with Crippen LogP contribution in [0.1, 0.15) is 25.3 Å². The van der Waals surface area contributed by atoms with Gasteiger partial charge in [0.15, 0.2) is 0 Å². The Morgan fingerprint density at radius 2 is 2.00 bits per heavy atom. The number of carbonyl (C=O) groups is 1. The minimum Gasteiger partial charge on any atom is -0.378 e. The van der Waals surface area contributed by atoms with Crippen molar-refractivity contribution in [2.45, 2.75) is 25.9 Å². The second-order valence-corrected chi connectivity index (χ2v) is 6.10. The highest BCUT2D eigenvalue weighted by Gasteiger charge is 2.36. The number of hydrogen-bond acceptors (Lipinski definition) is 3. The number of anilines is 2. The minimum absolute atomic E-state index is 0.176. The molecule has 1 aliphatic rings. The van der Waals surface area contributed by atoms with Crippen LogP contribution in [-0.2, 0) is 15.7 Å². The van der Waals surface area contributed by atoms with Gasteiger partial charge in [0.25, 0.3) is 0 Å². The van der Waals surface area contributed by atoms with E-state index < -0.39 is 17.6 Å². The average molecular weight is 395 g/mol. The van der Waals surface area contributed by atoms with E-state index in [0.717, 1.165) is 6.07 Å². The molecule has 8 heteroatoms. The lowest BCUT2D eigenvalue weighted by atomic mass is 10.1.